The topological polar surface area (TPSA) is 51.5 Å². The Morgan fingerprint density at radius 2 is 1.96 bits per heavy atom. The maximum atomic E-state index is 6.03. The summed E-state index contributed by atoms with van der Waals surface area (Å²) in [6.07, 6.45) is 1.89. The molecule has 4 rings (SSSR count). The van der Waals surface area contributed by atoms with E-state index in [0.717, 1.165) is 39.1 Å². The zero-order chi connectivity index (χ0) is 17.9. The molecule has 2 aromatic carbocycles. The van der Waals surface area contributed by atoms with Gasteiger partial charge in [0, 0.05) is 29.4 Å². The first-order valence-corrected chi connectivity index (χ1v) is 8.59. The number of para-hydroxylation sites is 1. The Bertz CT molecular complexity index is 1060. The molecule has 0 atom stereocenters. The lowest BCUT2D eigenvalue weighted by molar-refractivity contribution is 0.416. The van der Waals surface area contributed by atoms with Gasteiger partial charge in [-0.2, -0.15) is 5.10 Å². The number of ether oxygens (including phenoxy) is 1. The van der Waals surface area contributed by atoms with Gasteiger partial charge >= 0.3 is 0 Å². The van der Waals surface area contributed by atoms with Gasteiger partial charge in [0.05, 0.1) is 12.8 Å². The van der Waals surface area contributed by atoms with Crippen LogP contribution in [0.1, 0.15) is 5.56 Å². The van der Waals surface area contributed by atoms with Gasteiger partial charge in [-0.05, 0) is 35.9 Å². The summed E-state index contributed by atoms with van der Waals surface area (Å²) in [7, 11) is 1.66. The molecule has 0 saturated heterocycles. The van der Waals surface area contributed by atoms with Gasteiger partial charge in [-0.1, -0.05) is 35.9 Å². The molecule has 0 amide bonds. The van der Waals surface area contributed by atoms with Gasteiger partial charge in [0.15, 0.2) is 5.65 Å². The Hall–Kier alpha value is -3.05. The van der Waals surface area contributed by atoms with Crippen LogP contribution in [0.15, 0.2) is 66.9 Å². The van der Waals surface area contributed by atoms with E-state index in [2.05, 4.69) is 15.4 Å². The van der Waals surface area contributed by atoms with Gasteiger partial charge < -0.3 is 10.1 Å². The summed E-state index contributed by atoms with van der Waals surface area (Å²) in [6, 6.07) is 19.4. The number of anilines is 1. The number of aromatic nitrogens is 3. The first kappa shape index (κ1) is 16.4. The highest BCUT2D eigenvalue weighted by molar-refractivity contribution is 6.30. The zero-order valence-corrected chi connectivity index (χ0v) is 14.9. The minimum absolute atomic E-state index is 0.650. The summed E-state index contributed by atoms with van der Waals surface area (Å²) in [5, 5.41) is 8.63. The van der Waals surface area contributed by atoms with Crippen molar-refractivity contribution in [2.24, 2.45) is 0 Å². The van der Waals surface area contributed by atoms with Crippen molar-refractivity contribution in [1.29, 1.82) is 0 Å². The highest BCUT2D eigenvalue weighted by Crippen LogP contribution is 2.29. The molecule has 0 radical (unpaired) electrons. The molecule has 5 nitrogen and oxygen atoms in total. The monoisotopic (exact) mass is 364 g/mol. The quantitative estimate of drug-likeness (QED) is 0.559. The van der Waals surface area contributed by atoms with Gasteiger partial charge in [-0.3, -0.25) is 0 Å². The molecule has 0 bridgehead atoms. The molecule has 2 aromatic heterocycles. The van der Waals surface area contributed by atoms with Crippen LogP contribution in [0.5, 0.6) is 5.75 Å². The van der Waals surface area contributed by atoms with Crippen LogP contribution in [0.3, 0.4) is 0 Å². The van der Waals surface area contributed by atoms with Gasteiger partial charge in [0.1, 0.15) is 11.6 Å². The third kappa shape index (κ3) is 3.34. The molecule has 0 unspecified atom stereocenters. The molecule has 0 saturated carbocycles. The molecule has 0 fully saturated rings. The van der Waals surface area contributed by atoms with Crippen molar-refractivity contribution < 1.29 is 4.74 Å². The van der Waals surface area contributed by atoms with Gasteiger partial charge in [0.2, 0.25) is 0 Å². The Kier molecular flexibility index (Phi) is 4.46. The Morgan fingerprint density at radius 1 is 1.08 bits per heavy atom. The molecular formula is C20H17ClN4O. The van der Waals surface area contributed by atoms with Crippen molar-refractivity contribution in [2.75, 3.05) is 12.4 Å². The van der Waals surface area contributed by atoms with Crippen LogP contribution in [0.25, 0.3) is 16.9 Å². The SMILES string of the molecule is COc1ccccc1-c1cc2nc(NCc3cccc(Cl)c3)ccn2n1. The predicted octanol–water partition coefficient (Wildman–Crippen LogP) is 4.67. The third-order valence-electron chi connectivity index (χ3n) is 4.07. The lowest BCUT2D eigenvalue weighted by Gasteiger charge is -2.06. The van der Waals surface area contributed by atoms with Gasteiger partial charge in [0.25, 0.3) is 0 Å². The van der Waals surface area contributed by atoms with E-state index in [0.29, 0.717) is 6.54 Å². The number of nitrogens with zero attached hydrogens (tertiary/aromatic N) is 3. The number of rotatable bonds is 5. The average molecular weight is 365 g/mol. The van der Waals surface area contributed by atoms with Crippen molar-refractivity contribution in [2.45, 2.75) is 6.54 Å². The van der Waals surface area contributed by atoms with Crippen LogP contribution in [-0.2, 0) is 6.54 Å². The van der Waals surface area contributed by atoms with Crippen LogP contribution in [0, 0.1) is 0 Å². The van der Waals surface area contributed by atoms with E-state index in [1.54, 1.807) is 11.6 Å². The summed E-state index contributed by atoms with van der Waals surface area (Å²) in [5.41, 5.74) is 3.63. The van der Waals surface area contributed by atoms with Crippen LogP contribution in [0.4, 0.5) is 5.82 Å². The molecule has 4 aromatic rings. The number of benzene rings is 2. The van der Waals surface area contributed by atoms with E-state index in [1.807, 2.05) is 66.9 Å². The van der Waals surface area contributed by atoms with E-state index in [-0.39, 0.29) is 0 Å². The number of hydrogen-bond donors (Lipinski definition) is 1. The van der Waals surface area contributed by atoms with Crippen molar-refractivity contribution >= 4 is 23.1 Å². The molecule has 0 spiro atoms. The average Bonchev–Trinajstić information content (AvgIpc) is 3.09. The second-order valence-electron chi connectivity index (χ2n) is 5.83. The first-order valence-electron chi connectivity index (χ1n) is 8.21. The van der Waals surface area contributed by atoms with E-state index in [1.165, 1.54) is 0 Å². The second kappa shape index (κ2) is 7.06. The Morgan fingerprint density at radius 3 is 2.81 bits per heavy atom. The molecule has 1 N–H and O–H groups in total. The molecule has 0 aliphatic carbocycles. The van der Waals surface area contributed by atoms with Crippen molar-refractivity contribution in [1.82, 2.24) is 14.6 Å². The smallest absolute Gasteiger partial charge is 0.157 e. The fourth-order valence-corrected chi connectivity index (χ4v) is 3.02. The van der Waals surface area contributed by atoms with Crippen molar-refractivity contribution in [3.05, 3.63) is 77.4 Å². The zero-order valence-electron chi connectivity index (χ0n) is 14.2. The standard InChI is InChI=1S/C20H17ClN4O/c1-26-18-8-3-2-7-16(18)17-12-20-23-19(9-10-25(20)24-17)22-13-14-5-4-6-15(21)11-14/h2-12H,13H2,1H3,(H,22,23). The summed E-state index contributed by atoms with van der Waals surface area (Å²) < 4.78 is 7.18. The van der Waals surface area contributed by atoms with Crippen molar-refractivity contribution in [3.63, 3.8) is 0 Å². The van der Waals surface area contributed by atoms with E-state index in [4.69, 9.17) is 16.3 Å². The van der Waals surface area contributed by atoms with Crippen LogP contribution < -0.4 is 10.1 Å². The van der Waals surface area contributed by atoms with Crippen LogP contribution in [0.2, 0.25) is 5.02 Å². The van der Waals surface area contributed by atoms with Crippen LogP contribution >= 0.6 is 11.6 Å². The Labute approximate surface area is 156 Å². The highest BCUT2D eigenvalue weighted by atomic mass is 35.5. The fraction of sp³-hybridized carbons (Fsp3) is 0.100. The lowest BCUT2D eigenvalue weighted by atomic mass is 10.1. The van der Waals surface area contributed by atoms with E-state index < -0.39 is 0 Å². The number of nitrogens with one attached hydrogen (secondary N) is 1. The fourth-order valence-electron chi connectivity index (χ4n) is 2.81. The normalized spacial score (nSPS) is 10.8. The summed E-state index contributed by atoms with van der Waals surface area (Å²) in [6.45, 7) is 0.650. The van der Waals surface area contributed by atoms with Gasteiger partial charge in [-0.25, -0.2) is 9.50 Å². The molecule has 6 heteroatoms. The van der Waals surface area contributed by atoms with E-state index >= 15 is 0 Å². The Balaban J connectivity index is 1.59. The second-order valence-corrected chi connectivity index (χ2v) is 6.27. The number of fused-ring (bicyclic) bond motifs is 1. The molecule has 0 aliphatic rings. The summed E-state index contributed by atoms with van der Waals surface area (Å²) >= 11 is 6.03. The molecule has 26 heavy (non-hydrogen) atoms. The first-order chi connectivity index (χ1) is 12.7. The number of methoxy groups -OCH3 is 1. The molecular weight excluding hydrogens is 348 g/mol. The van der Waals surface area contributed by atoms with E-state index in [9.17, 15) is 0 Å². The molecule has 0 aliphatic heterocycles. The largest absolute Gasteiger partial charge is 0.496 e. The third-order valence-corrected chi connectivity index (χ3v) is 4.31. The minimum atomic E-state index is 0.650. The van der Waals surface area contributed by atoms with Crippen molar-refractivity contribution in [3.8, 4) is 17.0 Å². The van der Waals surface area contributed by atoms with Gasteiger partial charge in [-0.15, -0.1) is 0 Å². The highest BCUT2D eigenvalue weighted by Gasteiger charge is 2.10. The lowest BCUT2D eigenvalue weighted by Crippen LogP contribution is -2.02. The minimum Gasteiger partial charge on any atom is -0.496 e. The van der Waals surface area contributed by atoms with Crippen LogP contribution in [-0.4, -0.2) is 21.7 Å². The maximum Gasteiger partial charge on any atom is 0.157 e. The molecule has 130 valence electrons. The number of hydrogen-bond acceptors (Lipinski definition) is 4. The summed E-state index contributed by atoms with van der Waals surface area (Å²) in [4.78, 5) is 4.63. The maximum absolute atomic E-state index is 6.03. The summed E-state index contributed by atoms with van der Waals surface area (Å²) in [5.74, 6) is 1.57. The predicted molar refractivity (Wildman–Crippen MR) is 104 cm³/mol. The number of halogens is 1. The molecule has 2 heterocycles.